The van der Waals surface area contributed by atoms with Crippen LogP contribution < -0.4 is 10.6 Å². The maximum Gasteiger partial charge on any atom is 0.287 e. The van der Waals surface area contributed by atoms with E-state index >= 15 is 0 Å². The number of amidine groups is 1. The van der Waals surface area contributed by atoms with Crippen LogP contribution in [0.4, 0.5) is 0 Å². The van der Waals surface area contributed by atoms with Crippen LogP contribution in [0.2, 0.25) is 0 Å². The molecule has 1 saturated carbocycles. The van der Waals surface area contributed by atoms with E-state index in [0.717, 1.165) is 35.9 Å². The maximum absolute atomic E-state index is 12.9. The number of aromatic nitrogens is 3. The molecule has 0 bridgehead atoms. The van der Waals surface area contributed by atoms with Crippen molar-refractivity contribution in [3.8, 4) is 6.07 Å². The van der Waals surface area contributed by atoms with E-state index in [0.29, 0.717) is 24.7 Å². The fourth-order valence-electron chi connectivity index (χ4n) is 4.01. The van der Waals surface area contributed by atoms with Crippen molar-refractivity contribution in [2.45, 2.75) is 37.3 Å². The van der Waals surface area contributed by atoms with Gasteiger partial charge in [-0.3, -0.25) is 14.8 Å². The number of imidazole rings is 1. The molecule has 3 heterocycles. The van der Waals surface area contributed by atoms with Crippen LogP contribution in [0.15, 0.2) is 53.8 Å². The van der Waals surface area contributed by atoms with Crippen LogP contribution >= 0.6 is 0 Å². The number of nitrogens with one attached hydrogen (secondary N) is 3. The van der Waals surface area contributed by atoms with Crippen LogP contribution in [0.25, 0.3) is 11.0 Å². The highest BCUT2D eigenvalue weighted by Crippen LogP contribution is 2.34. The molecule has 1 aliphatic heterocycles. The SMILES string of the molecule is N#CC1(Cc2cccnc2)CN=C(C(CC2CC2)NC(=O)c2nc3ccccc3[nH]2)N1. The van der Waals surface area contributed by atoms with E-state index in [1.807, 2.05) is 36.4 Å². The third-order valence-electron chi connectivity index (χ3n) is 5.84. The van der Waals surface area contributed by atoms with Gasteiger partial charge in [-0.05, 0) is 36.1 Å². The fourth-order valence-corrected chi connectivity index (χ4v) is 4.01. The number of para-hydroxylation sites is 2. The molecular weight excluding hydrogens is 390 g/mol. The predicted molar refractivity (Wildman–Crippen MR) is 116 cm³/mol. The highest BCUT2D eigenvalue weighted by atomic mass is 16.2. The number of hydrogen-bond acceptors (Lipinski definition) is 6. The van der Waals surface area contributed by atoms with Crippen LogP contribution in [0.5, 0.6) is 0 Å². The third kappa shape index (κ3) is 4.12. The normalized spacial score (nSPS) is 21.2. The van der Waals surface area contributed by atoms with Crippen molar-refractivity contribution in [1.29, 1.82) is 5.26 Å². The van der Waals surface area contributed by atoms with Crippen molar-refractivity contribution in [1.82, 2.24) is 25.6 Å². The average Bonchev–Trinajstić information content (AvgIpc) is 3.34. The lowest BCUT2D eigenvalue weighted by atomic mass is 9.93. The van der Waals surface area contributed by atoms with Crippen LogP contribution in [0, 0.1) is 17.2 Å². The maximum atomic E-state index is 12.9. The summed E-state index contributed by atoms with van der Waals surface area (Å²) in [5.74, 6) is 1.25. The van der Waals surface area contributed by atoms with Crippen molar-refractivity contribution < 1.29 is 4.79 Å². The number of aromatic amines is 1. The zero-order chi connectivity index (χ0) is 21.3. The largest absolute Gasteiger partial charge is 0.352 e. The lowest BCUT2D eigenvalue weighted by Crippen LogP contribution is -2.53. The molecule has 8 nitrogen and oxygen atoms in total. The number of benzene rings is 1. The fraction of sp³-hybridized carbons (Fsp3) is 0.348. The summed E-state index contributed by atoms with van der Waals surface area (Å²) in [6.07, 6.45) is 7.09. The second kappa shape index (κ2) is 7.84. The molecular formula is C23H23N7O. The number of pyridine rings is 1. The summed E-state index contributed by atoms with van der Waals surface area (Å²) < 4.78 is 0. The van der Waals surface area contributed by atoms with E-state index in [9.17, 15) is 10.1 Å². The molecule has 8 heteroatoms. The van der Waals surface area contributed by atoms with Gasteiger partial charge in [0.1, 0.15) is 11.4 Å². The summed E-state index contributed by atoms with van der Waals surface area (Å²) in [7, 11) is 0. The molecule has 0 radical (unpaired) electrons. The van der Waals surface area contributed by atoms with Gasteiger partial charge in [0.25, 0.3) is 5.91 Å². The van der Waals surface area contributed by atoms with E-state index < -0.39 is 5.54 Å². The molecule has 3 N–H and O–H groups in total. The summed E-state index contributed by atoms with van der Waals surface area (Å²) in [5, 5.41) is 16.3. The molecule has 3 aromatic rings. The molecule has 1 fully saturated rings. The number of hydrogen-bond donors (Lipinski definition) is 3. The quantitative estimate of drug-likeness (QED) is 0.549. The first-order valence-corrected chi connectivity index (χ1v) is 10.5. The monoisotopic (exact) mass is 413 g/mol. The lowest BCUT2D eigenvalue weighted by molar-refractivity contribution is 0.0935. The second-order valence-corrected chi connectivity index (χ2v) is 8.37. The van der Waals surface area contributed by atoms with Gasteiger partial charge in [0, 0.05) is 18.8 Å². The van der Waals surface area contributed by atoms with E-state index in [1.54, 1.807) is 12.4 Å². The van der Waals surface area contributed by atoms with Gasteiger partial charge in [-0.15, -0.1) is 0 Å². The standard InChI is InChI=1S/C23H23N7O/c24-13-23(11-16-4-3-9-25-12-16)14-26-20(30-23)19(10-15-7-8-15)29-22(31)21-27-17-5-1-2-6-18(17)28-21/h1-6,9,12,15,19H,7-8,10-11,14H2,(H,26,30)(H,27,28)(H,29,31). The number of nitrogens with zero attached hydrogens (tertiary/aromatic N) is 4. The van der Waals surface area contributed by atoms with Crippen molar-refractivity contribution >= 4 is 22.8 Å². The van der Waals surface area contributed by atoms with Crippen molar-refractivity contribution in [2.75, 3.05) is 6.54 Å². The molecule has 2 aromatic heterocycles. The molecule has 0 spiro atoms. The summed E-state index contributed by atoms with van der Waals surface area (Å²) >= 11 is 0. The Morgan fingerprint density at radius 3 is 2.90 bits per heavy atom. The molecule has 2 atom stereocenters. The van der Waals surface area contributed by atoms with Crippen LogP contribution in [-0.4, -0.2) is 44.8 Å². The molecule has 2 unspecified atom stereocenters. The molecule has 0 saturated heterocycles. The van der Waals surface area contributed by atoms with Gasteiger partial charge in [-0.25, -0.2) is 4.98 Å². The number of H-pyrrole nitrogens is 1. The Kier molecular flexibility index (Phi) is 4.86. The topological polar surface area (TPSA) is 119 Å². The minimum Gasteiger partial charge on any atom is -0.352 e. The van der Waals surface area contributed by atoms with Crippen LogP contribution in [0.3, 0.4) is 0 Å². The Balaban J connectivity index is 1.33. The van der Waals surface area contributed by atoms with E-state index in [-0.39, 0.29) is 17.8 Å². The highest BCUT2D eigenvalue weighted by Gasteiger charge is 2.40. The number of aliphatic imine (C=N–C) groups is 1. The number of amides is 1. The summed E-state index contributed by atoms with van der Waals surface area (Å²) in [6.45, 7) is 0.343. The minimum absolute atomic E-state index is 0.270. The Morgan fingerprint density at radius 1 is 1.29 bits per heavy atom. The Hall–Kier alpha value is -3.73. The number of carbonyl (C=O) groups excluding carboxylic acids is 1. The van der Waals surface area contributed by atoms with Gasteiger partial charge in [0.2, 0.25) is 0 Å². The predicted octanol–water partition coefficient (Wildman–Crippen LogP) is 2.36. The summed E-state index contributed by atoms with van der Waals surface area (Å²) in [5.41, 5.74) is 1.72. The molecule has 1 aliphatic carbocycles. The molecule has 5 rings (SSSR count). The smallest absolute Gasteiger partial charge is 0.287 e. The van der Waals surface area contributed by atoms with E-state index in [1.165, 1.54) is 0 Å². The first-order valence-electron chi connectivity index (χ1n) is 10.5. The molecule has 31 heavy (non-hydrogen) atoms. The Bertz CT molecular complexity index is 1140. The highest BCUT2D eigenvalue weighted by molar-refractivity contribution is 5.99. The van der Waals surface area contributed by atoms with E-state index in [2.05, 4.69) is 36.6 Å². The van der Waals surface area contributed by atoms with Gasteiger partial charge in [-0.1, -0.05) is 31.0 Å². The summed E-state index contributed by atoms with van der Waals surface area (Å²) in [4.78, 5) is 29.2. The first-order chi connectivity index (χ1) is 15.1. The lowest BCUT2D eigenvalue weighted by Gasteiger charge is -2.25. The summed E-state index contributed by atoms with van der Waals surface area (Å²) in [6, 6.07) is 13.5. The molecule has 1 amide bonds. The van der Waals surface area contributed by atoms with E-state index in [4.69, 9.17) is 0 Å². The molecule has 2 aliphatic rings. The van der Waals surface area contributed by atoms with Gasteiger partial charge in [0.05, 0.1) is 29.7 Å². The molecule has 1 aromatic carbocycles. The van der Waals surface area contributed by atoms with Crippen molar-refractivity contribution in [3.63, 3.8) is 0 Å². The van der Waals surface area contributed by atoms with Crippen molar-refractivity contribution in [3.05, 3.63) is 60.2 Å². The zero-order valence-corrected chi connectivity index (χ0v) is 17.0. The van der Waals surface area contributed by atoms with Gasteiger partial charge >= 0.3 is 0 Å². The number of fused-ring (bicyclic) bond motifs is 1. The third-order valence-corrected chi connectivity index (χ3v) is 5.84. The average molecular weight is 413 g/mol. The van der Waals surface area contributed by atoms with Crippen LogP contribution in [0.1, 0.15) is 35.4 Å². The van der Waals surface area contributed by atoms with Crippen molar-refractivity contribution in [2.24, 2.45) is 10.9 Å². The Labute approximate surface area is 179 Å². The number of nitriles is 1. The number of rotatable bonds is 7. The Morgan fingerprint density at radius 2 is 2.16 bits per heavy atom. The van der Waals surface area contributed by atoms with Gasteiger partial charge in [0.15, 0.2) is 5.82 Å². The molecule has 156 valence electrons. The zero-order valence-electron chi connectivity index (χ0n) is 17.0. The number of carbonyl (C=O) groups is 1. The van der Waals surface area contributed by atoms with Gasteiger partial charge in [-0.2, -0.15) is 5.26 Å². The first kappa shape index (κ1) is 19.2. The van der Waals surface area contributed by atoms with Crippen LogP contribution in [-0.2, 0) is 6.42 Å². The second-order valence-electron chi connectivity index (χ2n) is 8.37. The minimum atomic E-state index is -0.829. The van der Waals surface area contributed by atoms with Gasteiger partial charge < -0.3 is 15.6 Å².